The van der Waals surface area contributed by atoms with Gasteiger partial charge in [0.15, 0.2) is 17.3 Å². The maximum atomic E-state index is 12.8. The largest absolute Gasteiger partial charge is 0.502 e. The maximum Gasteiger partial charge on any atom is 0.201 e. The van der Waals surface area contributed by atoms with Crippen LogP contribution in [0.1, 0.15) is 28.8 Å². The van der Waals surface area contributed by atoms with Crippen molar-refractivity contribution in [3.05, 3.63) is 47.5 Å². The molecule has 0 aliphatic carbocycles. The number of ketones is 1. The van der Waals surface area contributed by atoms with Gasteiger partial charge in [-0.05, 0) is 29.8 Å². The maximum absolute atomic E-state index is 12.8. The number of phenolic OH excluding ortho intramolecular Hbond substituents is 1. The summed E-state index contributed by atoms with van der Waals surface area (Å²) in [5.41, 5.74) is 1.17. The van der Waals surface area contributed by atoms with Crippen LogP contribution < -0.4 is 14.2 Å². The molecular weight excluding hydrogens is 296 g/mol. The van der Waals surface area contributed by atoms with Crippen molar-refractivity contribution in [2.75, 3.05) is 21.3 Å². The van der Waals surface area contributed by atoms with E-state index in [0.29, 0.717) is 5.56 Å². The SMILES string of the molecule is COc1ccc(C(C)C(=O)c2ccc(OC)c(O)c2OC)cc1. The Morgan fingerprint density at radius 2 is 1.61 bits per heavy atom. The molecule has 2 aromatic carbocycles. The molecule has 0 spiro atoms. The lowest BCUT2D eigenvalue weighted by Gasteiger charge is -2.16. The van der Waals surface area contributed by atoms with Crippen LogP contribution in [0.2, 0.25) is 0 Å². The fourth-order valence-corrected chi connectivity index (χ4v) is 2.40. The van der Waals surface area contributed by atoms with E-state index in [1.807, 2.05) is 31.2 Å². The zero-order valence-corrected chi connectivity index (χ0v) is 13.6. The second-order valence-corrected chi connectivity index (χ2v) is 5.06. The minimum absolute atomic E-state index is 0.120. The number of rotatable bonds is 6. The monoisotopic (exact) mass is 316 g/mol. The number of carbonyl (C=O) groups excluding carboxylic acids is 1. The third-order valence-electron chi connectivity index (χ3n) is 3.79. The van der Waals surface area contributed by atoms with Gasteiger partial charge in [-0.1, -0.05) is 19.1 Å². The lowest BCUT2D eigenvalue weighted by Crippen LogP contribution is -2.11. The molecule has 0 saturated heterocycles. The molecular formula is C18H20O5. The number of Topliss-reactive ketones (excluding diaryl/α,β-unsaturated/α-hetero) is 1. The minimum atomic E-state index is -0.386. The Balaban J connectivity index is 2.37. The van der Waals surface area contributed by atoms with Crippen LogP contribution in [0.3, 0.4) is 0 Å². The lowest BCUT2D eigenvalue weighted by atomic mass is 9.91. The Morgan fingerprint density at radius 3 is 2.13 bits per heavy atom. The summed E-state index contributed by atoms with van der Waals surface area (Å²) in [6.45, 7) is 1.81. The van der Waals surface area contributed by atoms with Crippen LogP contribution in [-0.4, -0.2) is 32.2 Å². The number of benzene rings is 2. The Hall–Kier alpha value is -2.69. The summed E-state index contributed by atoms with van der Waals surface area (Å²) in [4.78, 5) is 12.8. The molecule has 0 radical (unpaired) electrons. The molecule has 2 aromatic rings. The van der Waals surface area contributed by atoms with Crippen LogP contribution in [0.5, 0.6) is 23.0 Å². The molecule has 0 aliphatic rings. The standard InChI is InChI=1S/C18H20O5/c1-11(12-5-7-13(21-2)8-6-12)16(19)14-9-10-15(22-3)17(20)18(14)23-4/h5-11,20H,1-4H3. The van der Waals surface area contributed by atoms with Crippen LogP contribution >= 0.6 is 0 Å². The first-order valence-electron chi connectivity index (χ1n) is 7.15. The Morgan fingerprint density at radius 1 is 0.957 bits per heavy atom. The lowest BCUT2D eigenvalue weighted by molar-refractivity contribution is 0.0962. The number of aromatic hydroxyl groups is 1. The van der Waals surface area contributed by atoms with Crippen molar-refractivity contribution in [1.29, 1.82) is 0 Å². The van der Waals surface area contributed by atoms with Crippen molar-refractivity contribution >= 4 is 5.78 Å². The smallest absolute Gasteiger partial charge is 0.201 e. The summed E-state index contributed by atoms with van der Waals surface area (Å²) in [6, 6.07) is 10.4. The highest BCUT2D eigenvalue weighted by Crippen LogP contribution is 2.40. The first kappa shape index (κ1) is 16.7. The summed E-state index contributed by atoms with van der Waals surface area (Å²) in [7, 11) is 4.44. The van der Waals surface area contributed by atoms with Gasteiger partial charge < -0.3 is 19.3 Å². The molecule has 1 unspecified atom stereocenters. The van der Waals surface area contributed by atoms with E-state index < -0.39 is 0 Å². The Kier molecular flexibility index (Phi) is 5.11. The van der Waals surface area contributed by atoms with Crippen LogP contribution in [0, 0.1) is 0 Å². The van der Waals surface area contributed by atoms with Crippen molar-refractivity contribution < 1.29 is 24.1 Å². The first-order chi connectivity index (χ1) is 11.0. The van der Waals surface area contributed by atoms with E-state index in [1.165, 1.54) is 14.2 Å². The molecule has 0 saturated carbocycles. The molecule has 0 fully saturated rings. The van der Waals surface area contributed by atoms with Gasteiger partial charge in [0.2, 0.25) is 5.75 Å². The third kappa shape index (κ3) is 3.23. The van der Waals surface area contributed by atoms with Gasteiger partial charge in [-0.15, -0.1) is 0 Å². The van der Waals surface area contributed by atoms with Crippen LogP contribution in [-0.2, 0) is 0 Å². The fourth-order valence-electron chi connectivity index (χ4n) is 2.40. The van der Waals surface area contributed by atoms with Gasteiger partial charge in [0.05, 0.1) is 26.9 Å². The van der Waals surface area contributed by atoms with Gasteiger partial charge in [0.1, 0.15) is 5.75 Å². The van der Waals surface area contributed by atoms with Crippen LogP contribution in [0.25, 0.3) is 0 Å². The van der Waals surface area contributed by atoms with E-state index in [2.05, 4.69) is 0 Å². The minimum Gasteiger partial charge on any atom is -0.502 e. The molecule has 0 bridgehead atoms. The van der Waals surface area contributed by atoms with Crippen molar-refractivity contribution in [3.63, 3.8) is 0 Å². The van der Waals surface area contributed by atoms with Crippen molar-refractivity contribution in [3.8, 4) is 23.0 Å². The number of hydrogen-bond donors (Lipinski definition) is 1. The predicted octanol–water partition coefficient (Wildman–Crippen LogP) is 3.40. The normalized spacial score (nSPS) is 11.7. The average Bonchev–Trinajstić information content (AvgIpc) is 2.60. The topological polar surface area (TPSA) is 65.0 Å². The van der Waals surface area contributed by atoms with Crippen LogP contribution in [0.15, 0.2) is 36.4 Å². The Bertz CT molecular complexity index is 691. The summed E-state index contributed by atoms with van der Waals surface area (Å²) in [6.07, 6.45) is 0. The quantitative estimate of drug-likeness (QED) is 0.827. The highest BCUT2D eigenvalue weighted by Gasteiger charge is 2.24. The zero-order chi connectivity index (χ0) is 17.0. The third-order valence-corrected chi connectivity index (χ3v) is 3.79. The highest BCUT2D eigenvalue weighted by atomic mass is 16.5. The number of ether oxygens (including phenoxy) is 3. The van der Waals surface area contributed by atoms with E-state index in [0.717, 1.165) is 11.3 Å². The van der Waals surface area contributed by atoms with Gasteiger partial charge in [-0.25, -0.2) is 0 Å². The molecule has 5 nitrogen and oxygen atoms in total. The van der Waals surface area contributed by atoms with E-state index in [4.69, 9.17) is 14.2 Å². The van der Waals surface area contributed by atoms with E-state index in [-0.39, 0.29) is 28.9 Å². The second kappa shape index (κ2) is 7.05. The van der Waals surface area contributed by atoms with Crippen LogP contribution in [0.4, 0.5) is 0 Å². The van der Waals surface area contributed by atoms with E-state index in [1.54, 1.807) is 19.2 Å². The van der Waals surface area contributed by atoms with E-state index in [9.17, 15) is 9.90 Å². The average molecular weight is 316 g/mol. The van der Waals surface area contributed by atoms with Crippen molar-refractivity contribution in [1.82, 2.24) is 0 Å². The number of hydrogen-bond acceptors (Lipinski definition) is 5. The molecule has 0 amide bonds. The number of phenols is 1. The van der Waals surface area contributed by atoms with E-state index >= 15 is 0 Å². The van der Waals surface area contributed by atoms with Crippen molar-refractivity contribution in [2.24, 2.45) is 0 Å². The van der Waals surface area contributed by atoms with Gasteiger partial charge >= 0.3 is 0 Å². The molecule has 0 aliphatic heterocycles. The molecule has 5 heteroatoms. The fraction of sp³-hybridized carbons (Fsp3) is 0.278. The highest BCUT2D eigenvalue weighted by molar-refractivity contribution is 6.03. The van der Waals surface area contributed by atoms with Gasteiger partial charge in [-0.3, -0.25) is 4.79 Å². The molecule has 1 N–H and O–H groups in total. The Labute approximate surface area is 135 Å². The molecule has 23 heavy (non-hydrogen) atoms. The summed E-state index contributed by atoms with van der Waals surface area (Å²) < 4.78 is 15.3. The van der Waals surface area contributed by atoms with Gasteiger partial charge in [0.25, 0.3) is 0 Å². The number of carbonyl (C=O) groups is 1. The van der Waals surface area contributed by atoms with Crippen molar-refractivity contribution in [2.45, 2.75) is 12.8 Å². The predicted molar refractivity (Wildman–Crippen MR) is 87.0 cm³/mol. The zero-order valence-electron chi connectivity index (χ0n) is 13.6. The first-order valence-corrected chi connectivity index (χ1v) is 7.15. The number of methoxy groups -OCH3 is 3. The summed E-state index contributed by atoms with van der Waals surface area (Å²) >= 11 is 0. The molecule has 1 atom stereocenters. The molecule has 122 valence electrons. The second-order valence-electron chi connectivity index (χ2n) is 5.06. The summed E-state index contributed by atoms with van der Waals surface area (Å²) in [5.74, 6) is 0.397. The molecule has 2 rings (SSSR count). The summed E-state index contributed by atoms with van der Waals surface area (Å²) in [5, 5.41) is 10.1. The van der Waals surface area contributed by atoms with Gasteiger partial charge in [-0.2, -0.15) is 0 Å². The van der Waals surface area contributed by atoms with Gasteiger partial charge in [0, 0.05) is 5.92 Å². The molecule has 0 aromatic heterocycles. The molecule has 0 heterocycles.